The molecule has 2 heterocycles. The zero-order chi connectivity index (χ0) is 17.9. The number of nitrogens with zero attached hydrogens (tertiary/aromatic N) is 3. The van der Waals surface area contributed by atoms with Crippen LogP contribution in [0.2, 0.25) is 0 Å². The Labute approximate surface area is 156 Å². The standard InChI is InChI=1S/C18H22N4OS2/c1-18(2,3)12-5-7-13(8-6-12)23-10-9-19-15-14-16(21-11-20-15)22-17(24-4)25-14/h5-8,11H,9-10H2,1-4H3,(H,19,20,21). The lowest BCUT2D eigenvalue weighted by Gasteiger charge is -2.19. The normalized spacial score (nSPS) is 11.7. The van der Waals surface area contributed by atoms with Crippen LogP contribution >= 0.6 is 23.1 Å². The summed E-state index contributed by atoms with van der Waals surface area (Å²) in [4.78, 5) is 13.0. The minimum Gasteiger partial charge on any atom is -0.492 e. The summed E-state index contributed by atoms with van der Waals surface area (Å²) >= 11 is 3.22. The van der Waals surface area contributed by atoms with Crippen LogP contribution in [0.25, 0.3) is 10.3 Å². The van der Waals surface area contributed by atoms with Gasteiger partial charge in [-0.1, -0.05) is 44.7 Å². The number of thiazole rings is 1. The molecule has 5 nitrogen and oxygen atoms in total. The predicted octanol–water partition coefficient (Wildman–Crippen LogP) is 4.60. The van der Waals surface area contributed by atoms with Crippen molar-refractivity contribution in [2.24, 2.45) is 0 Å². The van der Waals surface area contributed by atoms with Crippen molar-refractivity contribution in [3.63, 3.8) is 0 Å². The molecule has 2 aromatic heterocycles. The fourth-order valence-electron chi connectivity index (χ4n) is 2.34. The Balaban J connectivity index is 1.56. The molecule has 0 aliphatic carbocycles. The lowest BCUT2D eigenvalue weighted by molar-refractivity contribution is 0.332. The van der Waals surface area contributed by atoms with Crippen molar-refractivity contribution in [1.29, 1.82) is 0 Å². The second-order valence-electron chi connectivity index (χ2n) is 6.61. The first kappa shape index (κ1) is 17.9. The molecule has 3 aromatic rings. The lowest BCUT2D eigenvalue weighted by atomic mass is 9.87. The van der Waals surface area contributed by atoms with Crippen LogP contribution in [-0.4, -0.2) is 34.4 Å². The van der Waals surface area contributed by atoms with Crippen LogP contribution in [0.1, 0.15) is 26.3 Å². The lowest BCUT2D eigenvalue weighted by Crippen LogP contribution is -2.13. The van der Waals surface area contributed by atoms with Gasteiger partial charge >= 0.3 is 0 Å². The number of nitrogens with one attached hydrogen (secondary N) is 1. The summed E-state index contributed by atoms with van der Waals surface area (Å²) in [6, 6.07) is 8.30. The smallest absolute Gasteiger partial charge is 0.176 e. The van der Waals surface area contributed by atoms with Crippen molar-refractivity contribution in [1.82, 2.24) is 15.0 Å². The summed E-state index contributed by atoms with van der Waals surface area (Å²) in [6.45, 7) is 7.85. The van der Waals surface area contributed by atoms with Crippen molar-refractivity contribution in [2.75, 3.05) is 24.7 Å². The Morgan fingerprint density at radius 3 is 2.60 bits per heavy atom. The first-order valence-electron chi connectivity index (χ1n) is 8.10. The van der Waals surface area contributed by atoms with E-state index in [1.807, 2.05) is 18.4 Å². The molecule has 0 radical (unpaired) electrons. The van der Waals surface area contributed by atoms with Crippen molar-refractivity contribution < 1.29 is 4.74 Å². The summed E-state index contributed by atoms with van der Waals surface area (Å²) in [5.74, 6) is 1.69. The van der Waals surface area contributed by atoms with Crippen molar-refractivity contribution >= 4 is 39.3 Å². The molecular weight excluding hydrogens is 352 g/mol. The number of thioether (sulfide) groups is 1. The summed E-state index contributed by atoms with van der Waals surface area (Å²) in [5.41, 5.74) is 2.20. The number of anilines is 1. The average Bonchev–Trinajstić information content (AvgIpc) is 3.02. The van der Waals surface area contributed by atoms with Gasteiger partial charge in [-0.3, -0.25) is 0 Å². The van der Waals surface area contributed by atoms with Gasteiger partial charge in [0.1, 0.15) is 29.2 Å². The van der Waals surface area contributed by atoms with E-state index in [1.54, 1.807) is 29.4 Å². The molecule has 132 valence electrons. The minimum absolute atomic E-state index is 0.156. The maximum atomic E-state index is 5.81. The SMILES string of the molecule is CSc1nc2ncnc(NCCOc3ccc(C(C)(C)C)cc3)c2s1. The van der Waals surface area contributed by atoms with Crippen LogP contribution < -0.4 is 10.1 Å². The molecule has 0 amide bonds. The van der Waals surface area contributed by atoms with E-state index in [2.05, 4.69) is 53.2 Å². The van der Waals surface area contributed by atoms with E-state index in [4.69, 9.17) is 4.74 Å². The van der Waals surface area contributed by atoms with E-state index in [9.17, 15) is 0 Å². The number of fused-ring (bicyclic) bond motifs is 1. The van der Waals surface area contributed by atoms with E-state index in [-0.39, 0.29) is 5.41 Å². The van der Waals surface area contributed by atoms with Gasteiger partial charge in [0, 0.05) is 0 Å². The number of hydrogen-bond acceptors (Lipinski definition) is 7. The summed E-state index contributed by atoms with van der Waals surface area (Å²) in [5, 5.41) is 3.32. The monoisotopic (exact) mass is 374 g/mol. The molecule has 1 N–H and O–H groups in total. The van der Waals surface area contributed by atoms with Gasteiger partial charge in [0.25, 0.3) is 0 Å². The van der Waals surface area contributed by atoms with Gasteiger partial charge < -0.3 is 10.1 Å². The number of benzene rings is 1. The molecule has 0 aliphatic heterocycles. The van der Waals surface area contributed by atoms with Gasteiger partial charge in [-0.2, -0.15) is 0 Å². The molecule has 0 aliphatic rings. The Bertz CT molecular complexity index is 840. The first-order valence-corrected chi connectivity index (χ1v) is 10.1. The Morgan fingerprint density at radius 1 is 1.16 bits per heavy atom. The molecule has 0 saturated carbocycles. The van der Waals surface area contributed by atoms with E-state index in [0.717, 1.165) is 26.3 Å². The van der Waals surface area contributed by atoms with E-state index in [0.29, 0.717) is 13.2 Å². The Hall–Kier alpha value is -1.86. The molecule has 25 heavy (non-hydrogen) atoms. The molecule has 0 unspecified atom stereocenters. The summed E-state index contributed by atoms with van der Waals surface area (Å²) < 4.78 is 7.79. The van der Waals surface area contributed by atoms with Crippen LogP contribution in [0, 0.1) is 0 Å². The van der Waals surface area contributed by atoms with E-state index >= 15 is 0 Å². The fraction of sp³-hybridized carbons (Fsp3) is 0.389. The molecular formula is C18H22N4OS2. The van der Waals surface area contributed by atoms with Crippen LogP contribution in [-0.2, 0) is 5.41 Å². The fourth-order valence-corrected chi connectivity index (χ4v) is 3.82. The minimum atomic E-state index is 0.156. The molecule has 0 fully saturated rings. The van der Waals surface area contributed by atoms with Gasteiger partial charge in [-0.05, 0) is 29.4 Å². The number of rotatable bonds is 6. The highest BCUT2D eigenvalue weighted by atomic mass is 32.2. The molecule has 0 bridgehead atoms. The molecule has 7 heteroatoms. The second-order valence-corrected chi connectivity index (χ2v) is 8.66. The van der Waals surface area contributed by atoms with E-state index in [1.165, 1.54) is 5.56 Å². The predicted molar refractivity (Wildman–Crippen MR) is 106 cm³/mol. The number of ether oxygens (including phenoxy) is 1. The third-order valence-electron chi connectivity index (χ3n) is 3.73. The van der Waals surface area contributed by atoms with Crippen molar-refractivity contribution in [3.8, 4) is 5.75 Å². The van der Waals surface area contributed by atoms with Crippen molar-refractivity contribution in [2.45, 2.75) is 30.5 Å². The second kappa shape index (κ2) is 7.58. The number of hydrogen-bond donors (Lipinski definition) is 1. The van der Waals surface area contributed by atoms with Crippen LogP contribution in [0.5, 0.6) is 5.75 Å². The highest BCUT2D eigenvalue weighted by Gasteiger charge is 2.13. The van der Waals surface area contributed by atoms with Gasteiger partial charge in [0.15, 0.2) is 9.99 Å². The molecule has 0 saturated heterocycles. The molecule has 1 aromatic carbocycles. The highest BCUT2D eigenvalue weighted by molar-refractivity contribution is 8.00. The van der Waals surface area contributed by atoms with Gasteiger partial charge in [-0.15, -0.1) is 11.3 Å². The van der Waals surface area contributed by atoms with Crippen LogP contribution in [0.15, 0.2) is 34.9 Å². The Kier molecular flexibility index (Phi) is 5.44. The summed E-state index contributed by atoms with van der Waals surface area (Å²) in [7, 11) is 0. The molecule has 0 spiro atoms. The van der Waals surface area contributed by atoms with E-state index < -0.39 is 0 Å². The largest absolute Gasteiger partial charge is 0.492 e. The Morgan fingerprint density at radius 2 is 1.92 bits per heavy atom. The quantitative estimate of drug-likeness (QED) is 0.503. The molecule has 3 rings (SSSR count). The van der Waals surface area contributed by atoms with Gasteiger partial charge in [-0.25, -0.2) is 15.0 Å². The third kappa shape index (κ3) is 4.41. The first-order chi connectivity index (χ1) is 12.0. The summed E-state index contributed by atoms with van der Waals surface area (Å²) in [6.07, 6.45) is 3.55. The van der Waals surface area contributed by atoms with Crippen LogP contribution in [0.4, 0.5) is 5.82 Å². The van der Waals surface area contributed by atoms with Crippen molar-refractivity contribution in [3.05, 3.63) is 36.2 Å². The average molecular weight is 375 g/mol. The van der Waals surface area contributed by atoms with Gasteiger partial charge in [0.2, 0.25) is 0 Å². The van der Waals surface area contributed by atoms with Crippen LogP contribution in [0.3, 0.4) is 0 Å². The maximum absolute atomic E-state index is 5.81. The molecule has 0 atom stereocenters. The topological polar surface area (TPSA) is 59.9 Å². The maximum Gasteiger partial charge on any atom is 0.176 e. The van der Waals surface area contributed by atoms with Gasteiger partial charge in [0.05, 0.1) is 6.54 Å². The third-order valence-corrected chi connectivity index (χ3v) is 5.77. The number of aromatic nitrogens is 3. The zero-order valence-corrected chi connectivity index (χ0v) is 16.5. The zero-order valence-electron chi connectivity index (χ0n) is 14.9. The highest BCUT2D eigenvalue weighted by Crippen LogP contribution is 2.30.